The maximum absolute atomic E-state index is 12.0. The van der Waals surface area contributed by atoms with Gasteiger partial charge in [0.2, 0.25) is 11.8 Å². The van der Waals surface area contributed by atoms with Crippen molar-refractivity contribution in [1.29, 1.82) is 0 Å². The number of nitrogens with zero attached hydrogens (tertiary/aromatic N) is 1. The summed E-state index contributed by atoms with van der Waals surface area (Å²) in [5, 5.41) is 19.1. The molecule has 0 unspecified atom stereocenters. The minimum Gasteiger partial charge on any atom is -0.507 e. The first-order valence-electron chi connectivity index (χ1n) is 9.02. The number of benzene rings is 3. The van der Waals surface area contributed by atoms with Gasteiger partial charge in [0.15, 0.2) is 0 Å². The molecule has 0 spiro atoms. The van der Waals surface area contributed by atoms with Crippen LogP contribution in [0.2, 0.25) is 5.02 Å². The Labute approximate surface area is 173 Å². The lowest BCUT2D eigenvalue weighted by Crippen LogP contribution is -2.20. The highest BCUT2D eigenvalue weighted by molar-refractivity contribution is 6.30. The highest BCUT2D eigenvalue weighted by Crippen LogP contribution is 2.25. The number of aryl methyl sites for hydroxylation is 1. The van der Waals surface area contributed by atoms with E-state index in [1.165, 1.54) is 6.21 Å². The molecule has 0 aromatic heterocycles. The van der Waals surface area contributed by atoms with Crippen LogP contribution in [-0.2, 0) is 9.59 Å². The molecule has 0 saturated carbocycles. The first-order valence-corrected chi connectivity index (χ1v) is 9.40. The van der Waals surface area contributed by atoms with Crippen molar-refractivity contribution in [3.63, 3.8) is 0 Å². The number of carbonyl (C=O) groups is 2. The van der Waals surface area contributed by atoms with Gasteiger partial charge in [0.1, 0.15) is 5.75 Å². The van der Waals surface area contributed by atoms with Crippen molar-refractivity contribution < 1.29 is 14.7 Å². The van der Waals surface area contributed by atoms with E-state index in [-0.39, 0.29) is 24.5 Å². The fraction of sp³-hybridized carbons (Fsp3) is 0.136. The summed E-state index contributed by atoms with van der Waals surface area (Å²) < 4.78 is 0. The third kappa shape index (κ3) is 5.33. The molecule has 0 radical (unpaired) electrons. The number of aromatic hydroxyl groups is 1. The number of anilines is 1. The van der Waals surface area contributed by atoms with Crippen LogP contribution < -0.4 is 10.7 Å². The lowest BCUT2D eigenvalue weighted by atomic mass is 10.0. The van der Waals surface area contributed by atoms with Crippen LogP contribution in [0.4, 0.5) is 5.69 Å². The Hall–Kier alpha value is -3.38. The van der Waals surface area contributed by atoms with Crippen LogP contribution in [0.15, 0.2) is 59.7 Å². The molecular formula is C22H20ClN3O3. The number of phenols is 1. The second-order valence-electron chi connectivity index (χ2n) is 6.52. The molecule has 3 N–H and O–H groups in total. The zero-order chi connectivity index (χ0) is 20.8. The number of phenolic OH excluding ortho intramolecular Hbond substituents is 1. The molecule has 0 bridgehead atoms. The molecule has 6 nitrogen and oxygen atoms in total. The Kier molecular flexibility index (Phi) is 6.46. The van der Waals surface area contributed by atoms with Gasteiger partial charge in [0, 0.05) is 29.1 Å². The Bertz CT molecular complexity index is 1100. The lowest BCUT2D eigenvalue weighted by molar-refractivity contribution is -0.124. The fourth-order valence-electron chi connectivity index (χ4n) is 2.85. The number of fused-ring (bicyclic) bond motifs is 1. The van der Waals surface area contributed by atoms with Gasteiger partial charge in [0.25, 0.3) is 0 Å². The summed E-state index contributed by atoms with van der Waals surface area (Å²) in [7, 11) is 0. The summed E-state index contributed by atoms with van der Waals surface area (Å²) in [5.41, 5.74) is 4.40. The second-order valence-corrected chi connectivity index (χ2v) is 6.96. The van der Waals surface area contributed by atoms with Gasteiger partial charge in [0.05, 0.1) is 6.21 Å². The van der Waals surface area contributed by atoms with E-state index in [9.17, 15) is 14.7 Å². The van der Waals surface area contributed by atoms with Crippen molar-refractivity contribution in [2.75, 3.05) is 5.32 Å². The molecule has 7 heteroatoms. The molecular weight excluding hydrogens is 390 g/mol. The molecule has 29 heavy (non-hydrogen) atoms. The molecule has 0 aliphatic rings. The van der Waals surface area contributed by atoms with Crippen LogP contribution in [0.1, 0.15) is 24.0 Å². The van der Waals surface area contributed by atoms with E-state index in [0.29, 0.717) is 16.3 Å². The van der Waals surface area contributed by atoms with E-state index in [4.69, 9.17) is 11.6 Å². The van der Waals surface area contributed by atoms with E-state index in [1.54, 1.807) is 24.3 Å². The number of hydrogen-bond acceptors (Lipinski definition) is 4. The molecule has 3 aromatic carbocycles. The normalized spacial score (nSPS) is 11.0. The first-order chi connectivity index (χ1) is 13.9. The van der Waals surface area contributed by atoms with Crippen molar-refractivity contribution in [2.24, 2.45) is 5.10 Å². The van der Waals surface area contributed by atoms with Crippen LogP contribution >= 0.6 is 11.6 Å². The smallest absolute Gasteiger partial charge is 0.240 e. The van der Waals surface area contributed by atoms with Gasteiger partial charge in [-0.25, -0.2) is 5.43 Å². The third-order valence-electron chi connectivity index (χ3n) is 4.37. The van der Waals surface area contributed by atoms with E-state index in [2.05, 4.69) is 15.8 Å². The minimum atomic E-state index is -0.399. The molecule has 3 aromatic rings. The van der Waals surface area contributed by atoms with E-state index in [1.807, 2.05) is 37.3 Å². The molecule has 0 saturated heterocycles. The zero-order valence-corrected chi connectivity index (χ0v) is 16.5. The number of rotatable bonds is 6. The predicted octanol–water partition coefficient (Wildman–Crippen LogP) is 4.38. The molecule has 0 heterocycles. The zero-order valence-electron chi connectivity index (χ0n) is 15.8. The summed E-state index contributed by atoms with van der Waals surface area (Å²) >= 11 is 5.90. The summed E-state index contributed by atoms with van der Waals surface area (Å²) in [5.74, 6) is -0.607. The summed E-state index contributed by atoms with van der Waals surface area (Å²) in [6, 6.07) is 16.1. The highest BCUT2D eigenvalue weighted by atomic mass is 35.5. The number of hydrogen-bond donors (Lipinski definition) is 3. The van der Waals surface area contributed by atoms with Crippen LogP contribution in [0.3, 0.4) is 0 Å². The van der Waals surface area contributed by atoms with Crippen LogP contribution in [-0.4, -0.2) is 23.1 Å². The largest absolute Gasteiger partial charge is 0.507 e. The lowest BCUT2D eigenvalue weighted by Gasteiger charge is -2.08. The summed E-state index contributed by atoms with van der Waals surface area (Å²) in [4.78, 5) is 24.0. The number of halogens is 1. The standard InChI is InChI=1S/C22H20ClN3O3/c1-14-12-16(23)7-8-19(14)25-21(28)10-11-22(29)26-24-13-18-17-5-3-2-4-15(17)6-9-20(18)27/h2-9,12-13,27H,10-11H2,1H3,(H,25,28)(H,26,29). The molecule has 0 fully saturated rings. The van der Waals surface area contributed by atoms with E-state index in [0.717, 1.165) is 16.3 Å². The second kappa shape index (κ2) is 9.21. The maximum atomic E-state index is 12.0. The van der Waals surface area contributed by atoms with Gasteiger partial charge < -0.3 is 10.4 Å². The van der Waals surface area contributed by atoms with Gasteiger partial charge in [-0.3, -0.25) is 9.59 Å². The first kappa shape index (κ1) is 20.4. The number of nitrogens with one attached hydrogen (secondary N) is 2. The van der Waals surface area contributed by atoms with Gasteiger partial charge in [-0.2, -0.15) is 5.10 Å². The molecule has 148 valence electrons. The van der Waals surface area contributed by atoms with Crippen molar-refractivity contribution in [1.82, 2.24) is 5.43 Å². The third-order valence-corrected chi connectivity index (χ3v) is 4.61. The number of carbonyl (C=O) groups excluding carboxylic acids is 2. The molecule has 0 aliphatic carbocycles. The van der Waals surface area contributed by atoms with Crippen molar-refractivity contribution in [3.05, 3.63) is 70.7 Å². The summed E-state index contributed by atoms with van der Waals surface area (Å²) in [6.07, 6.45) is 1.40. The quantitative estimate of drug-likeness (QED) is 0.417. The van der Waals surface area contributed by atoms with Crippen LogP contribution in [0.5, 0.6) is 5.75 Å². The monoisotopic (exact) mass is 409 g/mol. The Balaban J connectivity index is 1.54. The Morgan fingerprint density at radius 1 is 1.07 bits per heavy atom. The highest BCUT2D eigenvalue weighted by Gasteiger charge is 2.09. The Morgan fingerprint density at radius 3 is 2.62 bits per heavy atom. The Morgan fingerprint density at radius 2 is 1.83 bits per heavy atom. The summed E-state index contributed by atoms with van der Waals surface area (Å²) in [6.45, 7) is 1.84. The van der Waals surface area contributed by atoms with Gasteiger partial charge >= 0.3 is 0 Å². The number of hydrazone groups is 1. The molecule has 0 atom stereocenters. The molecule has 2 amide bonds. The van der Waals surface area contributed by atoms with Crippen molar-refractivity contribution >= 4 is 46.1 Å². The topological polar surface area (TPSA) is 90.8 Å². The van der Waals surface area contributed by atoms with Crippen LogP contribution in [0.25, 0.3) is 10.8 Å². The maximum Gasteiger partial charge on any atom is 0.240 e. The minimum absolute atomic E-state index is 0.0165. The van der Waals surface area contributed by atoms with E-state index < -0.39 is 5.91 Å². The average molecular weight is 410 g/mol. The van der Waals surface area contributed by atoms with Crippen molar-refractivity contribution in [2.45, 2.75) is 19.8 Å². The van der Waals surface area contributed by atoms with Gasteiger partial charge in [-0.1, -0.05) is 41.9 Å². The fourth-order valence-corrected chi connectivity index (χ4v) is 3.08. The molecule has 3 rings (SSSR count). The van der Waals surface area contributed by atoms with Gasteiger partial charge in [-0.15, -0.1) is 0 Å². The predicted molar refractivity (Wildman–Crippen MR) is 115 cm³/mol. The van der Waals surface area contributed by atoms with E-state index >= 15 is 0 Å². The SMILES string of the molecule is Cc1cc(Cl)ccc1NC(=O)CCC(=O)NN=Cc1c(O)ccc2ccccc12. The number of amides is 2. The van der Waals surface area contributed by atoms with Crippen LogP contribution in [0, 0.1) is 6.92 Å². The van der Waals surface area contributed by atoms with Gasteiger partial charge in [-0.05, 0) is 47.5 Å². The average Bonchev–Trinajstić information content (AvgIpc) is 2.70. The van der Waals surface area contributed by atoms with Crippen molar-refractivity contribution in [3.8, 4) is 5.75 Å². The molecule has 0 aliphatic heterocycles.